The van der Waals surface area contributed by atoms with Crippen LogP contribution in [-0.2, 0) is 6.42 Å². The van der Waals surface area contributed by atoms with Gasteiger partial charge in [-0.2, -0.15) is 0 Å². The maximum atomic E-state index is 4.48. The third-order valence-corrected chi connectivity index (χ3v) is 4.32. The number of hydrogen-bond acceptors (Lipinski definition) is 4. The second-order valence-electron chi connectivity index (χ2n) is 3.66. The fourth-order valence-electron chi connectivity index (χ4n) is 1.25. The molecule has 86 valence electrons. The first-order valence-corrected chi connectivity index (χ1v) is 7.14. The van der Waals surface area contributed by atoms with Gasteiger partial charge in [0.1, 0.15) is 5.82 Å². The lowest BCUT2D eigenvalue weighted by Crippen LogP contribution is -1.93. The van der Waals surface area contributed by atoms with E-state index in [1.54, 1.807) is 23.1 Å². The summed E-state index contributed by atoms with van der Waals surface area (Å²) in [5, 5.41) is 10.7. The van der Waals surface area contributed by atoms with Crippen LogP contribution in [0, 0.1) is 0 Å². The third kappa shape index (κ3) is 3.09. The van der Waals surface area contributed by atoms with E-state index >= 15 is 0 Å². The number of aromatic amines is 1. The van der Waals surface area contributed by atoms with Crippen molar-refractivity contribution in [3.8, 4) is 0 Å². The van der Waals surface area contributed by atoms with Gasteiger partial charge in [0.15, 0.2) is 0 Å². The van der Waals surface area contributed by atoms with Crippen LogP contribution in [0.15, 0.2) is 22.7 Å². The van der Waals surface area contributed by atoms with Gasteiger partial charge in [-0.25, -0.2) is 4.98 Å². The monoisotopic (exact) mass is 253 g/mol. The minimum absolute atomic E-state index is 0.574. The van der Waals surface area contributed by atoms with E-state index < -0.39 is 0 Å². The van der Waals surface area contributed by atoms with Crippen LogP contribution < -0.4 is 0 Å². The summed E-state index contributed by atoms with van der Waals surface area (Å²) in [5.74, 6) is 0.952. The SMILES string of the molecule is CCC(C)Sc1n[nH]c(Cc2cccs2)n1. The molecule has 0 radical (unpaired) electrons. The molecule has 1 atom stereocenters. The summed E-state index contributed by atoms with van der Waals surface area (Å²) >= 11 is 3.48. The summed E-state index contributed by atoms with van der Waals surface area (Å²) in [6, 6.07) is 4.18. The van der Waals surface area contributed by atoms with Gasteiger partial charge in [-0.3, -0.25) is 5.10 Å². The van der Waals surface area contributed by atoms with Crippen LogP contribution in [-0.4, -0.2) is 20.4 Å². The quantitative estimate of drug-likeness (QED) is 0.831. The van der Waals surface area contributed by atoms with Crippen LogP contribution in [0.2, 0.25) is 0 Å². The van der Waals surface area contributed by atoms with Crippen molar-refractivity contribution in [2.24, 2.45) is 0 Å². The maximum absolute atomic E-state index is 4.48. The largest absolute Gasteiger partial charge is 0.262 e. The van der Waals surface area contributed by atoms with E-state index in [9.17, 15) is 0 Å². The Morgan fingerprint density at radius 3 is 3.12 bits per heavy atom. The molecule has 5 heteroatoms. The Labute approximate surface area is 104 Å². The van der Waals surface area contributed by atoms with Crippen molar-refractivity contribution in [3.63, 3.8) is 0 Å². The molecule has 3 nitrogen and oxygen atoms in total. The highest BCUT2D eigenvalue weighted by molar-refractivity contribution is 7.99. The van der Waals surface area contributed by atoms with Crippen LogP contribution in [0.3, 0.4) is 0 Å². The molecule has 1 N–H and O–H groups in total. The van der Waals surface area contributed by atoms with Gasteiger partial charge in [-0.1, -0.05) is 31.7 Å². The van der Waals surface area contributed by atoms with E-state index in [0.29, 0.717) is 5.25 Å². The fraction of sp³-hybridized carbons (Fsp3) is 0.455. The maximum Gasteiger partial charge on any atom is 0.208 e. The molecule has 2 rings (SSSR count). The highest BCUT2D eigenvalue weighted by Gasteiger charge is 2.08. The number of nitrogens with one attached hydrogen (secondary N) is 1. The molecular formula is C11H15N3S2. The van der Waals surface area contributed by atoms with Crippen molar-refractivity contribution in [2.75, 3.05) is 0 Å². The number of thioether (sulfide) groups is 1. The summed E-state index contributed by atoms with van der Waals surface area (Å²) in [6.45, 7) is 4.37. The highest BCUT2D eigenvalue weighted by Crippen LogP contribution is 2.21. The Morgan fingerprint density at radius 2 is 2.44 bits per heavy atom. The second-order valence-corrected chi connectivity index (χ2v) is 6.10. The summed E-state index contributed by atoms with van der Waals surface area (Å²) in [5.41, 5.74) is 0. The molecule has 0 saturated carbocycles. The summed E-state index contributed by atoms with van der Waals surface area (Å²) in [7, 11) is 0. The molecule has 0 fully saturated rings. The zero-order valence-electron chi connectivity index (χ0n) is 9.43. The normalized spacial score (nSPS) is 12.9. The van der Waals surface area contributed by atoms with E-state index in [1.165, 1.54) is 4.88 Å². The number of hydrogen-bond donors (Lipinski definition) is 1. The van der Waals surface area contributed by atoms with Gasteiger partial charge in [0.2, 0.25) is 5.16 Å². The molecule has 0 amide bonds. The van der Waals surface area contributed by atoms with Gasteiger partial charge in [0.05, 0.1) is 0 Å². The Morgan fingerprint density at radius 1 is 1.56 bits per heavy atom. The molecule has 2 aromatic rings. The van der Waals surface area contributed by atoms with Crippen molar-refractivity contribution in [1.82, 2.24) is 15.2 Å². The number of thiophene rings is 1. The van der Waals surface area contributed by atoms with Crippen molar-refractivity contribution in [3.05, 3.63) is 28.2 Å². The Kier molecular flexibility index (Phi) is 4.01. The number of H-pyrrole nitrogens is 1. The standard InChI is InChI=1S/C11H15N3S2/c1-3-8(2)16-11-12-10(13-14-11)7-9-5-4-6-15-9/h4-6,8H,3,7H2,1-2H3,(H,12,13,14). The van der Waals surface area contributed by atoms with Crippen molar-refractivity contribution in [2.45, 2.75) is 37.1 Å². The highest BCUT2D eigenvalue weighted by atomic mass is 32.2. The zero-order valence-corrected chi connectivity index (χ0v) is 11.1. The zero-order chi connectivity index (χ0) is 11.4. The number of aromatic nitrogens is 3. The van der Waals surface area contributed by atoms with Gasteiger partial charge >= 0.3 is 0 Å². The minimum atomic E-state index is 0.574. The van der Waals surface area contributed by atoms with E-state index in [4.69, 9.17) is 0 Å². The van der Waals surface area contributed by atoms with Crippen molar-refractivity contribution >= 4 is 23.1 Å². The number of rotatable bonds is 5. The Balaban J connectivity index is 1.97. The average Bonchev–Trinajstić information content (AvgIpc) is 2.91. The summed E-state index contributed by atoms with van der Waals surface area (Å²) in [6.07, 6.45) is 1.99. The van der Waals surface area contributed by atoms with E-state index in [0.717, 1.165) is 23.8 Å². The van der Waals surface area contributed by atoms with Crippen molar-refractivity contribution in [1.29, 1.82) is 0 Å². The van der Waals surface area contributed by atoms with Crippen LogP contribution in [0.4, 0.5) is 0 Å². The van der Waals surface area contributed by atoms with Gasteiger partial charge in [-0.15, -0.1) is 16.4 Å². The second kappa shape index (κ2) is 5.50. The van der Waals surface area contributed by atoms with Crippen molar-refractivity contribution < 1.29 is 0 Å². The molecule has 0 aliphatic heterocycles. The average molecular weight is 253 g/mol. The minimum Gasteiger partial charge on any atom is -0.262 e. The van der Waals surface area contributed by atoms with Crippen LogP contribution in [0.25, 0.3) is 0 Å². The molecule has 0 bridgehead atoms. The topological polar surface area (TPSA) is 41.6 Å². The molecule has 0 aromatic carbocycles. The third-order valence-electron chi connectivity index (χ3n) is 2.31. The lowest BCUT2D eigenvalue weighted by atomic mass is 10.3. The Hall–Kier alpha value is -0.810. The molecule has 16 heavy (non-hydrogen) atoms. The van der Waals surface area contributed by atoms with Gasteiger partial charge in [0, 0.05) is 16.5 Å². The molecule has 0 spiro atoms. The lowest BCUT2D eigenvalue weighted by molar-refractivity contribution is 0.888. The van der Waals surface area contributed by atoms with Crippen LogP contribution >= 0.6 is 23.1 Å². The van der Waals surface area contributed by atoms with Gasteiger partial charge in [0.25, 0.3) is 0 Å². The molecular weight excluding hydrogens is 238 g/mol. The molecule has 2 aromatic heterocycles. The number of nitrogens with zero attached hydrogens (tertiary/aromatic N) is 2. The molecule has 1 unspecified atom stereocenters. The molecule has 0 aliphatic carbocycles. The Bertz CT molecular complexity index is 422. The van der Waals surface area contributed by atoms with Gasteiger partial charge < -0.3 is 0 Å². The lowest BCUT2D eigenvalue weighted by Gasteiger charge is -2.02. The van der Waals surface area contributed by atoms with E-state index in [1.807, 2.05) is 0 Å². The van der Waals surface area contributed by atoms with Gasteiger partial charge in [-0.05, 0) is 17.9 Å². The predicted molar refractivity (Wildman–Crippen MR) is 69.1 cm³/mol. The smallest absolute Gasteiger partial charge is 0.208 e. The summed E-state index contributed by atoms with van der Waals surface area (Å²) in [4.78, 5) is 5.79. The van der Waals surface area contributed by atoms with Crippen LogP contribution in [0.1, 0.15) is 31.0 Å². The predicted octanol–water partition coefficient (Wildman–Crippen LogP) is 3.35. The first kappa shape index (κ1) is 11.7. The summed E-state index contributed by atoms with van der Waals surface area (Å²) < 4.78 is 0. The first-order valence-electron chi connectivity index (χ1n) is 5.38. The molecule has 0 aliphatic rings. The van der Waals surface area contributed by atoms with E-state index in [-0.39, 0.29) is 0 Å². The first-order chi connectivity index (χ1) is 7.78. The molecule has 2 heterocycles. The van der Waals surface area contributed by atoms with Crippen LogP contribution in [0.5, 0.6) is 0 Å². The molecule has 0 saturated heterocycles. The fourth-order valence-corrected chi connectivity index (χ4v) is 2.75. The van der Waals surface area contributed by atoms with E-state index in [2.05, 4.69) is 46.5 Å².